The van der Waals surface area contributed by atoms with E-state index in [1.54, 1.807) is 0 Å². The van der Waals surface area contributed by atoms with Gasteiger partial charge in [0.15, 0.2) is 0 Å². The molecule has 3 nitrogen and oxygen atoms in total. The Bertz CT molecular complexity index is 166. The number of likely N-dealkylation sites (N-methyl/N-ethyl adjacent to an activating group) is 1. The Morgan fingerprint density at radius 1 is 1.21 bits per heavy atom. The molecule has 0 spiro atoms. The predicted molar refractivity (Wildman–Crippen MR) is 59.6 cm³/mol. The van der Waals surface area contributed by atoms with Gasteiger partial charge in [-0.1, -0.05) is 6.92 Å². The lowest BCUT2D eigenvalue weighted by molar-refractivity contribution is 0.210. The first-order chi connectivity index (χ1) is 6.90. The molecule has 0 aromatic rings. The Labute approximate surface area is 87.4 Å². The molecule has 2 aliphatic heterocycles. The van der Waals surface area contributed by atoms with Crippen molar-refractivity contribution in [1.82, 2.24) is 15.1 Å². The van der Waals surface area contributed by atoms with E-state index in [0.717, 1.165) is 6.04 Å². The molecule has 1 atom stereocenters. The van der Waals surface area contributed by atoms with Gasteiger partial charge in [0.25, 0.3) is 0 Å². The first-order valence-corrected chi connectivity index (χ1v) is 6.07. The van der Waals surface area contributed by atoms with Crippen LogP contribution in [0.4, 0.5) is 0 Å². The Morgan fingerprint density at radius 2 is 2.14 bits per heavy atom. The van der Waals surface area contributed by atoms with Crippen molar-refractivity contribution >= 4 is 0 Å². The molecule has 2 aliphatic rings. The van der Waals surface area contributed by atoms with Crippen molar-refractivity contribution < 1.29 is 0 Å². The van der Waals surface area contributed by atoms with Gasteiger partial charge in [-0.15, -0.1) is 0 Å². The summed E-state index contributed by atoms with van der Waals surface area (Å²) >= 11 is 0. The van der Waals surface area contributed by atoms with Gasteiger partial charge >= 0.3 is 0 Å². The van der Waals surface area contributed by atoms with E-state index >= 15 is 0 Å². The van der Waals surface area contributed by atoms with Crippen molar-refractivity contribution in [2.45, 2.75) is 25.8 Å². The average Bonchev–Trinajstić information content (AvgIpc) is 2.63. The fourth-order valence-electron chi connectivity index (χ4n) is 2.62. The molecule has 0 bridgehead atoms. The third-order valence-electron chi connectivity index (χ3n) is 3.62. The van der Waals surface area contributed by atoms with Gasteiger partial charge in [0, 0.05) is 25.7 Å². The molecule has 2 fully saturated rings. The maximum Gasteiger partial charge on any atom is 0.0233 e. The van der Waals surface area contributed by atoms with Gasteiger partial charge in [-0.25, -0.2) is 0 Å². The third kappa shape index (κ3) is 2.47. The van der Waals surface area contributed by atoms with Gasteiger partial charge in [0.2, 0.25) is 0 Å². The molecule has 0 aromatic heterocycles. The van der Waals surface area contributed by atoms with Gasteiger partial charge in [-0.3, -0.25) is 4.90 Å². The van der Waals surface area contributed by atoms with Crippen LogP contribution in [0.15, 0.2) is 0 Å². The molecule has 0 radical (unpaired) electrons. The van der Waals surface area contributed by atoms with Crippen molar-refractivity contribution in [2.75, 3.05) is 45.8 Å². The maximum atomic E-state index is 3.46. The topological polar surface area (TPSA) is 18.5 Å². The van der Waals surface area contributed by atoms with Crippen molar-refractivity contribution in [3.05, 3.63) is 0 Å². The summed E-state index contributed by atoms with van der Waals surface area (Å²) in [5, 5.41) is 3.46. The highest BCUT2D eigenvalue weighted by Gasteiger charge is 2.23. The molecular formula is C11H23N3. The molecule has 0 saturated carbocycles. The maximum absolute atomic E-state index is 3.46. The first-order valence-electron chi connectivity index (χ1n) is 6.07. The molecule has 0 aromatic carbocycles. The molecule has 0 amide bonds. The molecule has 2 heterocycles. The van der Waals surface area contributed by atoms with Crippen LogP contribution in [0, 0.1) is 0 Å². The summed E-state index contributed by atoms with van der Waals surface area (Å²) in [5.74, 6) is 0. The van der Waals surface area contributed by atoms with Crippen LogP contribution < -0.4 is 5.32 Å². The van der Waals surface area contributed by atoms with Crippen LogP contribution in [0.3, 0.4) is 0 Å². The zero-order chi connectivity index (χ0) is 9.80. The van der Waals surface area contributed by atoms with Gasteiger partial charge in [0.1, 0.15) is 0 Å². The number of hydrogen-bond acceptors (Lipinski definition) is 3. The van der Waals surface area contributed by atoms with Crippen LogP contribution in [0.25, 0.3) is 0 Å². The van der Waals surface area contributed by atoms with Crippen molar-refractivity contribution in [3.8, 4) is 0 Å². The number of nitrogens with zero attached hydrogens (tertiary/aromatic N) is 2. The molecular weight excluding hydrogens is 174 g/mol. The molecule has 0 aliphatic carbocycles. The molecule has 1 N–H and O–H groups in total. The number of hydrogen-bond donors (Lipinski definition) is 1. The summed E-state index contributed by atoms with van der Waals surface area (Å²) in [6, 6.07) is 0.826. The molecule has 14 heavy (non-hydrogen) atoms. The highest BCUT2D eigenvalue weighted by molar-refractivity contribution is 4.82. The molecule has 3 heteroatoms. The normalized spacial score (nSPS) is 31.9. The molecule has 1 unspecified atom stereocenters. The number of nitrogens with one attached hydrogen (secondary N) is 1. The van der Waals surface area contributed by atoms with Crippen LogP contribution in [-0.2, 0) is 0 Å². The second kappa shape index (κ2) is 5.10. The third-order valence-corrected chi connectivity index (χ3v) is 3.62. The Balaban J connectivity index is 1.82. The van der Waals surface area contributed by atoms with E-state index < -0.39 is 0 Å². The van der Waals surface area contributed by atoms with Crippen molar-refractivity contribution in [1.29, 1.82) is 0 Å². The summed E-state index contributed by atoms with van der Waals surface area (Å²) in [6.07, 6.45) is 2.70. The zero-order valence-electron chi connectivity index (χ0n) is 9.34. The van der Waals surface area contributed by atoms with Crippen LogP contribution in [-0.4, -0.2) is 61.7 Å². The van der Waals surface area contributed by atoms with Gasteiger partial charge in [0.05, 0.1) is 0 Å². The van der Waals surface area contributed by atoms with E-state index in [0.29, 0.717) is 0 Å². The minimum Gasteiger partial charge on any atom is -0.315 e. The predicted octanol–water partition coefficient (Wildman–Crippen LogP) is 0.376. The van der Waals surface area contributed by atoms with Gasteiger partial charge in [-0.05, 0) is 39.0 Å². The first kappa shape index (κ1) is 10.4. The van der Waals surface area contributed by atoms with Gasteiger partial charge in [-0.2, -0.15) is 0 Å². The van der Waals surface area contributed by atoms with Crippen LogP contribution in [0.2, 0.25) is 0 Å². The SMILES string of the molecule is CCN1CCCN(C2CCNC2)CC1. The Morgan fingerprint density at radius 3 is 2.86 bits per heavy atom. The highest BCUT2D eigenvalue weighted by Crippen LogP contribution is 2.11. The second-order valence-corrected chi connectivity index (χ2v) is 4.47. The zero-order valence-corrected chi connectivity index (χ0v) is 9.34. The summed E-state index contributed by atoms with van der Waals surface area (Å²) < 4.78 is 0. The van der Waals surface area contributed by atoms with E-state index in [2.05, 4.69) is 22.0 Å². The van der Waals surface area contributed by atoms with Crippen molar-refractivity contribution in [2.24, 2.45) is 0 Å². The Hall–Kier alpha value is -0.120. The minimum atomic E-state index is 0.826. The highest BCUT2D eigenvalue weighted by atomic mass is 15.2. The van der Waals surface area contributed by atoms with E-state index in [-0.39, 0.29) is 0 Å². The summed E-state index contributed by atoms with van der Waals surface area (Å²) in [5.41, 5.74) is 0. The average molecular weight is 197 g/mol. The molecule has 82 valence electrons. The van der Waals surface area contributed by atoms with Crippen LogP contribution >= 0.6 is 0 Å². The van der Waals surface area contributed by atoms with Crippen LogP contribution in [0.5, 0.6) is 0 Å². The van der Waals surface area contributed by atoms with E-state index in [1.807, 2.05) is 0 Å². The largest absolute Gasteiger partial charge is 0.315 e. The Kier molecular flexibility index (Phi) is 3.79. The second-order valence-electron chi connectivity index (χ2n) is 4.47. The van der Waals surface area contributed by atoms with E-state index in [9.17, 15) is 0 Å². The number of rotatable bonds is 2. The summed E-state index contributed by atoms with van der Waals surface area (Å²) in [7, 11) is 0. The monoisotopic (exact) mass is 197 g/mol. The smallest absolute Gasteiger partial charge is 0.0233 e. The lowest BCUT2D eigenvalue weighted by atomic mass is 10.2. The molecule has 2 saturated heterocycles. The standard InChI is InChI=1S/C11H23N3/c1-2-13-6-3-7-14(9-8-13)11-4-5-12-10-11/h11-12H,2-10H2,1H3. The van der Waals surface area contributed by atoms with E-state index in [4.69, 9.17) is 0 Å². The van der Waals surface area contributed by atoms with Gasteiger partial charge < -0.3 is 10.2 Å². The van der Waals surface area contributed by atoms with Crippen molar-refractivity contribution in [3.63, 3.8) is 0 Å². The fourth-order valence-corrected chi connectivity index (χ4v) is 2.62. The van der Waals surface area contributed by atoms with Crippen LogP contribution in [0.1, 0.15) is 19.8 Å². The minimum absolute atomic E-state index is 0.826. The fraction of sp³-hybridized carbons (Fsp3) is 1.00. The quantitative estimate of drug-likeness (QED) is 0.690. The lowest BCUT2D eigenvalue weighted by Crippen LogP contribution is -2.39. The summed E-state index contributed by atoms with van der Waals surface area (Å²) in [6.45, 7) is 11.1. The lowest BCUT2D eigenvalue weighted by Gasteiger charge is -2.26. The molecule has 2 rings (SSSR count). The summed E-state index contributed by atoms with van der Waals surface area (Å²) in [4.78, 5) is 5.26. The van der Waals surface area contributed by atoms with E-state index in [1.165, 1.54) is 58.7 Å².